The Balaban J connectivity index is 1.46. The van der Waals surface area contributed by atoms with Gasteiger partial charge in [0, 0.05) is 6.20 Å². The van der Waals surface area contributed by atoms with Crippen molar-refractivity contribution in [2.75, 3.05) is 6.54 Å². The van der Waals surface area contributed by atoms with Crippen molar-refractivity contribution in [3.8, 4) is 0 Å². The highest BCUT2D eigenvalue weighted by Crippen LogP contribution is 2.22. The number of imidazole rings is 1. The van der Waals surface area contributed by atoms with Crippen molar-refractivity contribution in [1.82, 2.24) is 14.3 Å². The smallest absolute Gasteiger partial charge is 0.326 e. The van der Waals surface area contributed by atoms with Gasteiger partial charge in [-0.3, -0.25) is 19.3 Å². The topological polar surface area (TPSA) is 81.0 Å². The zero-order chi connectivity index (χ0) is 18.3. The van der Waals surface area contributed by atoms with Gasteiger partial charge in [0.1, 0.15) is 18.8 Å². The highest BCUT2D eigenvalue weighted by atomic mass is 16.5. The lowest BCUT2D eigenvalue weighted by Gasteiger charge is -2.13. The summed E-state index contributed by atoms with van der Waals surface area (Å²) in [6, 6.07) is 12.1. The van der Waals surface area contributed by atoms with Crippen molar-refractivity contribution >= 4 is 23.4 Å². The molecule has 0 fully saturated rings. The molecule has 3 heterocycles. The number of aryl methyl sites for hydroxylation is 1. The van der Waals surface area contributed by atoms with E-state index in [9.17, 15) is 14.4 Å². The molecule has 0 atom stereocenters. The third-order valence-electron chi connectivity index (χ3n) is 4.36. The van der Waals surface area contributed by atoms with Crippen LogP contribution in [0.4, 0.5) is 0 Å². The average molecular weight is 349 g/mol. The molecule has 2 aromatic heterocycles. The number of ether oxygens (including phenoxy) is 1. The van der Waals surface area contributed by atoms with E-state index in [0.29, 0.717) is 11.1 Å². The number of hydrogen-bond donors (Lipinski definition) is 0. The van der Waals surface area contributed by atoms with Gasteiger partial charge in [0.05, 0.1) is 22.5 Å². The fourth-order valence-electron chi connectivity index (χ4n) is 3.04. The van der Waals surface area contributed by atoms with Gasteiger partial charge in [-0.25, -0.2) is 4.98 Å². The summed E-state index contributed by atoms with van der Waals surface area (Å²) in [4.78, 5) is 42.1. The molecule has 0 spiro atoms. The maximum Gasteiger partial charge on any atom is 0.326 e. The fourth-order valence-corrected chi connectivity index (χ4v) is 3.04. The van der Waals surface area contributed by atoms with Crippen LogP contribution < -0.4 is 0 Å². The lowest BCUT2D eigenvalue weighted by Crippen LogP contribution is -2.35. The van der Waals surface area contributed by atoms with E-state index < -0.39 is 24.3 Å². The molecule has 26 heavy (non-hydrogen) atoms. The minimum absolute atomic E-state index is 0.0129. The standard InChI is InChI=1S/C19H15N3O4/c1-12-15(21-9-5-4-8-16(21)20-12)11-26-17(23)10-22-18(24)13-6-2-3-7-14(13)19(22)25/h2-9H,10-11H2,1H3. The first-order valence-corrected chi connectivity index (χ1v) is 8.09. The van der Waals surface area contributed by atoms with Crippen LogP contribution in [0.5, 0.6) is 0 Å². The SMILES string of the molecule is Cc1nc2ccccn2c1COC(=O)CN1C(=O)c2ccccc2C1=O. The molecule has 3 aromatic rings. The molecule has 0 N–H and O–H groups in total. The number of amides is 2. The maximum absolute atomic E-state index is 12.3. The number of nitrogens with zero attached hydrogens (tertiary/aromatic N) is 3. The lowest BCUT2D eigenvalue weighted by molar-refractivity contribution is -0.145. The zero-order valence-corrected chi connectivity index (χ0v) is 14.0. The van der Waals surface area contributed by atoms with Crippen molar-refractivity contribution in [2.45, 2.75) is 13.5 Å². The number of esters is 1. The first kappa shape index (κ1) is 16.0. The molecule has 7 nitrogen and oxygen atoms in total. The summed E-state index contributed by atoms with van der Waals surface area (Å²) < 4.78 is 7.12. The fraction of sp³-hybridized carbons (Fsp3) is 0.158. The molecule has 0 saturated heterocycles. The van der Waals surface area contributed by atoms with E-state index in [-0.39, 0.29) is 6.61 Å². The normalized spacial score (nSPS) is 13.3. The Morgan fingerprint density at radius 1 is 1.04 bits per heavy atom. The summed E-state index contributed by atoms with van der Waals surface area (Å²) in [5.74, 6) is -1.60. The van der Waals surface area contributed by atoms with E-state index in [4.69, 9.17) is 4.74 Å². The van der Waals surface area contributed by atoms with E-state index in [0.717, 1.165) is 21.9 Å². The van der Waals surface area contributed by atoms with Gasteiger partial charge in [-0.05, 0) is 31.2 Å². The number of carbonyl (C=O) groups excluding carboxylic acids is 3. The number of hydrogen-bond acceptors (Lipinski definition) is 5. The van der Waals surface area contributed by atoms with E-state index in [1.165, 1.54) is 0 Å². The van der Waals surface area contributed by atoms with Crippen LogP contribution in [0.1, 0.15) is 32.1 Å². The van der Waals surface area contributed by atoms with Gasteiger partial charge in [0.15, 0.2) is 0 Å². The first-order chi connectivity index (χ1) is 12.6. The molecular weight excluding hydrogens is 334 g/mol. The van der Waals surface area contributed by atoms with E-state index in [1.807, 2.05) is 35.7 Å². The Labute approximate surface area is 148 Å². The van der Waals surface area contributed by atoms with Crippen molar-refractivity contribution in [3.63, 3.8) is 0 Å². The minimum atomic E-state index is -0.648. The van der Waals surface area contributed by atoms with Crippen LogP contribution in [0.3, 0.4) is 0 Å². The van der Waals surface area contributed by atoms with Crippen molar-refractivity contribution < 1.29 is 19.1 Å². The van der Waals surface area contributed by atoms with Gasteiger partial charge in [-0.1, -0.05) is 18.2 Å². The predicted molar refractivity (Wildman–Crippen MR) is 91.5 cm³/mol. The van der Waals surface area contributed by atoms with Gasteiger partial charge in [0.2, 0.25) is 0 Å². The molecular formula is C19H15N3O4. The molecule has 0 saturated carbocycles. The third kappa shape index (κ3) is 2.54. The quantitative estimate of drug-likeness (QED) is 0.531. The number of benzene rings is 1. The van der Waals surface area contributed by atoms with E-state index >= 15 is 0 Å². The van der Waals surface area contributed by atoms with E-state index in [2.05, 4.69) is 4.98 Å². The third-order valence-corrected chi connectivity index (χ3v) is 4.36. The van der Waals surface area contributed by atoms with E-state index in [1.54, 1.807) is 24.3 Å². The zero-order valence-electron chi connectivity index (χ0n) is 14.0. The molecule has 2 amide bonds. The second-order valence-corrected chi connectivity index (χ2v) is 5.98. The summed E-state index contributed by atoms with van der Waals surface area (Å²) in [5, 5.41) is 0. The number of carbonyl (C=O) groups is 3. The van der Waals surface area contributed by atoms with Crippen LogP contribution >= 0.6 is 0 Å². The van der Waals surface area contributed by atoms with Crippen LogP contribution in [0, 0.1) is 6.92 Å². The predicted octanol–water partition coefficient (Wildman–Crippen LogP) is 1.98. The molecule has 1 aromatic carbocycles. The molecule has 0 bridgehead atoms. The van der Waals surface area contributed by atoms with Gasteiger partial charge < -0.3 is 9.14 Å². The lowest BCUT2D eigenvalue weighted by atomic mass is 10.1. The molecule has 0 radical (unpaired) electrons. The van der Waals surface area contributed by atoms with Crippen LogP contribution in [0.2, 0.25) is 0 Å². The highest BCUT2D eigenvalue weighted by molar-refractivity contribution is 6.22. The minimum Gasteiger partial charge on any atom is -0.458 e. The maximum atomic E-state index is 12.3. The number of pyridine rings is 1. The van der Waals surface area contributed by atoms with Crippen molar-refractivity contribution in [2.24, 2.45) is 0 Å². The molecule has 0 unspecified atom stereocenters. The highest BCUT2D eigenvalue weighted by Gasteiger charge is 2.36. The molecule has 0 aliphatic carbocycles. The number of aromatic nitrogens is 2. The molecule has 1 aliphatic rings. The van der Waals surface area contributed by atoms with Gasteiger partial charge in [0.25, 0.3) is 11.8 Å². The Morgan fingerprint density at radius 3 is 2.38 bits per heavy atom. The van der Waals surface area contributed by atoms with Gasteiger partial charge in [-0.15, -0.1) is 0 Å². The Bertz CT molecular complexity index is 1020. The number of fused-ring (bicyclic) bond motifs is 2. The molecule has 130 valence electrons. The summed E-state index contributed by atoms with van der Waals surface area (Å²) in [6.07, 6.45) is 1.84. The van der Waals surface area contributed by atoms with Gasteiger partial charge >= 0.3 is 5.97 Å². The number of rotatable bonds is 4. The summed E-state index contributed by atoms with van der Waals surface area (Å²) in [5.41, 5.74) is 2.88. The molecule has 7 heteroatoms. The van der Waals surface area contributed by atoms with Crippen molar-refractivity contribution in [1.29, 1.82) is 0 Å². The Morgan fingerprint density at radius 2 is 1.69 bits per heavy atom. The van der Waals surface area contributed by atoms with Crippen LogP contribution in [0.15, 0.2) is 48.7 Å². The molecule has 1 aliphatic heterocycles. The van der Waals surface area contributed by atoms with Crippen molar-refractivity contribution in [3.05, 3.63) is 71.2 Å². The van der Waals surface area contributed by atoms with Crippen LogP contribution in [-0.4, -0.2) is 38.6 Å². The second kappa shape index (κ2) is 6.11. The Kier molecular flexibility index (Phi) is 3.76. The number of imide groups is 1. The summed E-state index contributed by atoms with van der Waals surface area (Å²) in [6.45, 7) is 1.43. The molecule has 4 rings (SSSR count). The first-order valence-electron chi connectivity index (χ1n) is 8.09. The van der Waals surface area contributed by atoms with Crippen LogP contribution in [-0.2, 0) is 16.1 Å². The summed E-state index contributed by atoms with van der Waals surface area (Å²) >= 11 is 0. The van der Waals surface area contributed by atoms with Gasteiger partial charge in [-0.2, -0.15) is 0 Å². The van der Waals surface area contributed by atoms with Crippen LogP contribution in [0.25, 0.3) is 5.65 Å². The average Bonchev–Trinajstić information content (AvgIpc) is 3.09. The summed E-state index contributed by atoms with van der Waals surface area (Å²) in [7, 11) is 0. The Hall–Kier alpha value is -3.48. The largest absolute Gasteiger partial charge is 0.458 e. The monoisotopic (exact) mass is 349 g/mol. The second-order valence-electron chi connectivity index (χ2n) is 5.98.